The van der Waals surface area contributed by atoms with Gasteiger partial charge < -0.3 is 5.84 Å². The van der Waals surface area contributed by atoms with Gasteiger partial charge in [-0.1, -0.05) is 13.3 Å². The highest BCUT2D eigenvalue weighted by Crippen LogP contribution is 2.08. The van der Waals surface area contributed by atoms with Gasteiger partial charge >= 0.3 is 0 Å². The second-order valence-corrected chi connectivity index (χ2v) is 3.09. The van der Waals surface area contributed by atoms with E-state index in [1.165, 1.54) is 0 Å². The van der Waals surface area contributed by atoms with E-state index < -0.39 is 0 Å². The van der Waals surface area contributed by atoms with Crippen molar-refractivity contribution in [3.8, 4) is 0 Å². The molecule has 3 nitrogen and oxygen atoms in total. The van der Waals surface area contributed by atoms with Crippen molar-refractivity contribution >= 4 is 17.6 Å². The second-order valence-electron chi connectivity index (χ2n) is 2.21. The van der Waals surface area contributed by atoms with Crippen LogP contribution in [0.25, 0.3) is 0 Å². The van der Waals surface area contributed by atoms with Crippen LogP contribution in [0.4, 0.5) is 0 Å². The molecule has 1 heterocycles. The largest absolute Gasteiger partial charge is 0.323 e. The third kappa shape index (κ3) is 2.31. The fourth-order valence-electron chi connectivity index (χ4n) is 0.817. The summed E-state index contributed by atoms with van der Waals surface area (Å²) >= 11 is 1.57. The molecular weight excluding hydrogens is 158 g/mol. The highest BCUT2D eigenvalue weighted by molar-refractivity contribution is 7.11. The van der Waals surface area contributed by atoms with Crippen LogP contribution < -0.4 is 5.84 Å². The van der Waals surface area contributed by atoms with Crippen molar-refractivity contribution in [2.24, 2.45) is 10.9 Å². The van der Waals surface area contributed by atoms with Gasteiger partial charge in [0.05, 0.1) is 11.9 Å². The van der Waals surface area contributed by atoms with E-state index >= 15 is 0 Å². The third-order valence-corrected chi connectivity index (χ3v) is 2.09. The molecule has 0 fully saturated rings. The Balaban J connectivity index is 2.65. The summed E-state index contributed by atoms with van der Waals surface area (Å²) in [5.74, 6) is 4.98. The number of aromatic nitrogens is 1. The van der Waals surface area contributed by atoms with Gasteiger partial charge in [0.25, 0.3) is 0 Å². The van der Waals surface area contributed by atoms with Gasteiger partial charge in [0, 0.05) is 5.38 Å². The van der Waals surface area contributed by atoms with E-state index in [0.717, 1.165) is 23.5 Å². The van der Waals surface area contributed by atoms with Crippen molar-refractivity contribution < 1.29 is 0 Å². The van der Waals surface area contributed by atoms with Gasteiger partial charge in [-0.15, -0.1) is 11.3 Å². The second kappa shape index (κ2) is 4.08. The third-order valence-electron chi connectivity index (χ3n) is 1.26. The molecule has 0 amide bonds. The lowest BCUT2D eigenvalue weighted by Crippen LogP contribution is -1.87. The number of hydrazone groups is 1. The van der Waals surface area contributed by atoms with E-state index in [1.807, 2.05) is 5.38 Å². The van der Waals surface area contributed by atoms with Gasteiger partial charge in [-0.2, -0.15) is 5.10 Å². The Hall–Kier alpha value is -0.900. The monoisotopic (exact) mass is 169 g/mol. The van der Waals surface area contributed by atoms with Crippen molar-refractivity contribution in [3.63, 3.8) is 0 Å². The van der Waals surface area contributed by atoms with E-state index in [9.17, 15) is 0 Å². The quantitative estimate of drug-likeness (QED) is 0.422. The molecule has 0 aliphatic rings. The Morgan fingerprint density at radius 1 is 1.82 bits per heavy atom. The topological polar surface area (TPSA) is 51.3 Å². The molecule has 0 unspecified atom stereocenters. The fourth-order valence-corrected chi connectivity index (χ4v) is 1.54. The highest BCUT2D eigenvalue weighted by atomic mass is 32.1. The standard InChI is InChI=1S/C7H11N3S/c1-2-3-6-5-11-7(10-6)4-9-8/h4-5H,2-3,8H2,1H3/b9-4+. The van der Waals surface area contributed by atoms with Gasteiger partial charge in [0.1, 0.15) is 5.01 Å². The highest BCUT2D eigenvalue weighted by Gasteiger charge is 1.96. The molecule has 60 valence electrons. The minimum absolute atomic E-state index is 0.885. The first-order chi connectivity index (χ1) is 5.36. The van der Waals surface area contributed by atoms with E-state index in [2.05, 4.69) is 17.0 Å². The lowest BCUT2D eigenvalue weighted by molar-refractivity contribution is 0.892. The maximum absolute atomic E-state index is 4.98. The molecule has 1 rings (SSSR count). The van der Waals surface area contributed by atoms with Gasteiger partial charge in [-0.25, -0.2) is 4.98 Å². The minimum atomic E-state index is 0.885. The van der Waals surface area contributed by atoms with E-state index in [4.69, 9.17) is 5.84 Å². The van der Waals surface area contributed by atoms with Crippen LogP contribution in [-0.4, -0.2) is 11.2 Å². The van der Waals surface area contributed by atoms with Crippen LogP contribution in [0.1, 0.15) is 24.0 Å². The Bertz CT molecular complexity index is 242. The molecule has 11 heavy (non-hydrogen) atoms. The lowest BCUT2D eigenvalue weighted by atomic mass is 10.3. The molecule has 0 saturated heterocycles. The van der Waals surface area contributed by atoms with Crippen LogP contribution in [0.2, 0.25) is 0 Å². The molecule has 1 aromatic rings. The van der Waals surface area contributed by atoms with Gasteiger partial charge in [0.2, 0.25) is 0 Å². The summed E-state index contributed by atoms with van der Waals surface area (Å²) in [5, 5.41) is 6.33. The molecule has 0 aliphatic heterocycles. The predicted molar refractivity (Wildman–Crippen MR) is 47.9 cm³/mol. The summed E-state index contributed by atoms with van der Waals surface area (Å²) in [7, 11) is 0. The molecule has 0 spiro atoms. The zero-order valence-corrected chi connectivity index (χ0v) is 7.27. The zero-order valence-electron chi connectivity index (χ0n) is 6.45. The Morgan fingerprint density at radius 2 is 2.64 bits per heavy atom. The maximum Gasteiger partial charge on any atom is 0.136 e. The molecule has 0 aliphatic carbocycles. The summed E-state index contributed by atoms with van der Waals surface area (Å²) in [6.45, 7) is 2.13. The van der Waals surface area contributed by atoms with Gasteiger partial charge in [0.15, 0.2) is 0 Å². The SMILES string of the molecule is CCCc1csc(/C=N/N)n1. The van der Waals surface area contributed by atoms with E-state index in [0.29, 0.717) is 0 Å². The Morgan fingerprint density at radius 3 is 3.27 bits per heavy atom. The molecule has 1 aromatic heterocycles. The summed E-state index contributed by atoms with van der Waals surface area (Å²) in [6.07, 6.45) is 3.74. The van der Waals surface area contributed by atoms with Crippen molar-refractivity contribution in [2.75, 3.05) is 0 Å². The fraction of sp³-hybridized carbons (Fsp3) is 0.429. The molecule has 2 N–H and O–H groups in total. The molecule has 0 bridgehead atoms. The van der Waals surface area contributed by atoms with Crippen LogP contribution in [-0.2, 0) is 6.42 Å². The summed E-state index contributed by atoms with van der Waals surface area (Å²) in [5.41, 5.74) is 1.13. The number of rotatable bonds is 3. The summed E-state index contributed by atoms with van der Waals surface area (Å²) in [4.78, 5) is 4.28. The Kier molecular flexibility index (Phi) is 3.04. The first-order valence-corrected chi connectivity index (χ1v) is 4.42. The average Bonchev–Trinajstić information content (AvgIpc) is 2.38. The molecule has 0 aromatic carbocycles. The van der Waals surface area contributed by atoms with Crippen molar-refractivity contribution in [1.82, 2.24) is 4.98 Å². The number of hydrogen-bond donors (Lipinski definition) is 1. The van der Waals surface area contributed by atoms with E-state index in [-0.39, 0.29) is 0 Å². The van der Waals surface area contributed by atoms with Crippen LogP contribution in [0.15, 0.2) is 10.5 Å². The van der Waals surface area contributed by atoms with Gasteiger partial charge in [-0.3, -0.25) is 0 Å². The van der Waals surface area contributed by atoms with E-state index in [1.54, 1.807) is 17.6 Å². The van der Waals surface area contributed by atoms with Crippen LogP contribution in [0.3, 0.4) is 0 Å². The first-order valence-electron chi connectivity index (χ1n) is 3.54. The normalized spacial score (nSPS) is 11.0. The molecule has 0 atom stereocenters. The van der Waals surface area contributed by atoms with Crippen molar-refractivity contribution in [3.05, 3.63) is 16.1 Å². The molecule has 4 heteroatoms. The number of nitrogens with zero attached hydrogens (tertiary/aromatic N) is 2. The van der Waals surface area contributed by atoms with Crippen LogP contribution in [0.5, 0.6) is 0 Å². The van der Waals surface area contributed by atoms with Crippen molar-refractivity contribution in [1.29, 1.82) is 0 Å². The molecule has 0 radical (unpaired) electrons. The van der Waals surface area contributed by atoms with Crippen molar-refractivity contribution in [2.45, 2.75) is 19.8 Å². The minimum Gasteiger partial charge on any atom is -0.323 e. The lowest BCUT2D eigenvalue weighted by Gasteiger charge is -1.86. The summed E-state index contributed by atoms with van der Waals surface area (Å²) < 4.78 is 0. The van der Waals surface area contributed by atoms with Gasteiger partial charge in [-0.05, 0) is 6.42 Å². The number of nitrogens with two attached hydrogens (primary N) is 1. The number of hydrogen-bond acceptors (Lipinski definition) is 4. The zero-order chi connectivity index (χ0) is 8.10. The average molecular weight is 169 g/mol. The van der Waals surface area contributed by atoms with Crippen LogP contribution in [0, 0.1) is 0 Å². The van der Waals surface area contributed by atoms with Crippen LogP contribution >= 0.6 is 11.3 Å². The molecule has 0 saturated carbocycles. The first kappa shape index (κ1) is 8.20. The smallest absolute Gasteiger partial charge is 0.136 e. The Labute approximate surface area is 70.0 Å². The molecular formula is C7H11N3S. The predicted octanol–water partition coefficient (Wildman–Crippen LogP) is 1.39. The summed E-state index contributed by atoms with van der Waals surface area (Å²) in [6, 6.07) is 0. The number of thiazole rings is 1. The number of aryl methyl sites for hydroxylation is 1. The maximum atomic E-state index is 4.98.